The number of benzene rings is 2. The highest BCUT2D eigenvalue weighted by molar-refractivity contribution is 7.89. The van der Waals surface area contributed by atoms with E-state index in [9.17, 15) is 23.4 Å². The Morgan fingerprint density at radius 2 is 1.85 bits per heavy atom. The van der Waals surface area contributed by atoms with Crippen LogP contribution in [0, 0.1) is 11.8 Å². The van der Waals surface area contributed by atoms with E-state index in [1.54, 1.807) is 12.1 Å². The lowest BCUT2D eigenvalue weighted by molar-refractivity contribution is 0.0554. The van der Waals surface area contributed by atoms with Gasteiger partial charge >= 0.3 is 6.09 Å². The van der Waals surface area contributed by atoms with Gasteiger partial charge in [0, 0.05) is 26.1 Å². The van der Waals surface area contributed by atoms with Gasteiger partial charge in [0.25, 0.3) is 0 Å². The molecule has 4 rings (SSSR count). The zero-order chi connectivity index (χ0) is 28.0. The van der Waals surface area contributed by atoms with E-state index in [-0.39, 0.29) is 42.7 Å². The second-order valence-electron chi connectivity index (χ2n) is 11.0. The highest BCUT2D eigenvalue weighted by Gasteiger charge is 2.40. The summed E-state index contributed by atoms with van der Waals surface area (Å²) in [6.45, 7) is 4.22. The third-order valence-electron chi connectivity index (χ3n) is 7.43. The Bertz CT molecular complexity index is 1180. The van der Waals surface area contributed by atoms with Crippen LogP contribution in [0.2, 0.25) is 0 Å². The van der Waals surface area contributed by atoms with E-state index in [0.717, 1.165) is 25.0 Å². The van der Waals surface area contributed by atoms with Crippen LogP contribution in [-0.4, -0.2) is 73.1 Å². The number of amides is 1. The number of carbonyl (C=O) groups is 1. The molecule has 1 aliphatic carbocycles. The number of alkyl carbamates (subject to hydrolysis) is 1. The minimum atomic E-state index is -3.98. The fourth-order valence-corrected chi connectivity index (χ4v) is 7.16. The van der Waals surface area contributed by atoms with Crippen molar-refractivity contribution < 1.29 is 32.9 Å². The molecular weight excluding hydrogens is 520 g/mol. The van der Waals surface area contributed by atoms with Crippen LogP contribution < -0.4 is 5.32 Å². The second-order valence-corrected chi connectivity index (χ2v) is 12.9. The highest BCUT2D eigenvalue weighted by Crippen LogP contribution is 2.37. The Morgan fingerprint density at radius 1 is 1.10 bits per heavy atom. The van der Waals surface area contributed by atoms with E-state index in [1.807, 2.05) is 44.2 Å². The Morgan fingerprint density at radius 3 is 2.54 bits per heavy atom. The predicted molar refractivity (Wildman–Crippen MR) is 146 cm³/mol. The lowest BCUT2D eigenvalue weighted by Crippen LogP contribution is -2.51. The van der Waals surface area contributed by atoms with Gasteiger partial charge in [-0.2, -0.15) is 4.31 Å². The first-order valence-corrected chi connectivity index (χ1v) is 15.1. The van der Waals surface area contributed by atoms with Gasteiger partial charge in [-0.3, -0.25) is 0 Å². The molecule has 2 unspecified atom stereocenters. The number of rotatable bonds is 12. The van der Waals surface area contributed by atoms with Gasteiger partial charge in [0.15, 0.2) is 0 Å². The van der Waals surface area contributed by atoms with Gasteiger partial charge in [-0.05, 0) is 54.4 Å². The Balaban J connectivity index is 1.50. The van der Waals surface area contributed by atoms with Crippen molar-refractivity contribution in [2.24, 2.45) is 11.8 Å². The minimum absolute atomic E-state index is 0.0115. The maximum absolute atomic E-state index is 13.6. The normalized spacial score (nSPS) is 22.6. The van der Waals surface area contributed by atoms with Crippen molar-refractivity contribution in [3.8, 4) is 0 Å². The molecule has 0 spiro atoms. The first-order valence-electron chi connectivity index (χ1n) is 13.7. The fraction of sp³-hybridized carbons (Fsp3) is 0.552. The molecule has 1 saturated heterocycles. The first kappa shape index (κ1) is 29.5. The number of aliphatic hydroxyl groups is 2. The summed E-state index contributed by atoms with van der Waals surface area (Å²) in [6, 6.07) is 14.8. The molecule has 1 amide bonds. The van der Waals surface area contributed by atoms with E-state index in [2.05, 4.69) is 5.32 Å². The van der Waals surface area contributed by atoms with Crippen LogP contribution in [0.25, 0.3) is 0 Å². The number of hydrogen-bond donors (Lipinski definition) is 3. The summed E-state index contributed by atoms with van der Waals surface area (Å²) >= 11 is 0. The number of ether oxygens (including phenoxy) is 2. The average molecular weight is 561 g/mol. The molecule has 39 heavy (non-hydrogen) atoms. The third-order valence-corrected chi connectivity index (χ3v) is 9.25. The van der Waals surface area contributed by atoms with E-state index in [4.69, 9.17) is 9.47 Å². The van der Waals surface area contributed by atoms with Crippen molar-refractivity contribution >= 4 is 16.1 Å². The third kappa shape index (κ3) is 7.79. The van der Waals surface area contributed by atoms with Crippen molar-refractivity contribution in [3.05, 3.63) is 65.7 Å². The van der Waals surface area contributed by atoms with Gasteiger partial charge < -0.3 is 25.0 Å². The van der Waals surface area contributed by atoms with Crippen molar-refractivity contribution in [1.29, 1.82) is 0 Å². The lowest BCUT2D eigenvalue weighted by atomic mass is 10.0. The predicted octanol–water partition coefficient (Wildman–Crippen LogP) is 3.09. The summed E-state index contributed by atoms with van der Waals surface area (Å²) in [5.41, 5.74) is 1.37. The van der Waals surface area contributed by atoms with Crippen molar-refractivity contribution in [1.82, 2.24) is 9.62 Å². The van der Waals surface area contributed by atoms with Gasteiger partial charge in [0.1, 0.15) is 6.10 Å². The molecule has 2 aromatic carbocycles. The van der Waals surface area contributed by atoms with Crippen LogP contribution in [0.3, 0.4) is 0 Å². The number of carbonyl (C=O) groups excluding carboxylic acids is 1. The zero-order valence-corrected chi connectivity index (χ0v) is 23.4. The van der Waals surface area contributed by atoms with Gasteiger partial charge in [-0.1, -0.05) is 56.3 Å². The van der Waals surface area contributed by atoms with E-state index in [0.29, 0.717) is 24.3 Å². The van der Waals surface area contributed by atoms with Crippen molar-refractivity contribution in [2.75, 3.05) is 19.7 Å². The van der Waals surface area contributed by atoms with Crippen LogP contribution in [0.15, 0.2) is 59.5 Å². The summed E-state index contributed by atoms with van der Waals surface area (Å²) in [4.78, 5) is 13.0. The Kier molecular flexibility index (Phi) is 10.0. The molecule has 5 atom stereocenters. The van der Waals surface area contributed by atoms with Gasteiger partial charge in [-0.15, -0.1) is 0 Å². The lowest BCUT2D eigenvalue weighted by Gasteiger charge is -2.31. The molecule has 0 radical (unpaired) electrons. The molecular formula is C29H40N2O7S. The smallest absolute Gasteiger partial charge is 0.407 e. The van der Waals surface area contributed by atoms with Crippen LogP contribution in [0.4, 0.5) is 4.79 Å². The first-order chi connectivity index (χ1) is 18.7. The molecule has 2 aromatic rings. The second kappa shape index (κ2) is 13.2. The monoisotopic (exact) mass is 560 g/mol. The van der Waals surface area contributed by atoms with Crippen molar-refractivity contribution in [2.45, 2.75) is 75.4 Å². The molecule has 0 bridgehead atoms. The van der Waals surface area contributed by atoms with Gasteiger partial charge in [0.2, 0.25) is 10.0 Å². The van der Waals surface area contributed by atoms with Crippen LogP contribution in [-0.2, 0) is 32.5 Å². The molecule has 2 fully saturated rings. The number of hydrogen-bond acceptors (Lipinski definition) is 7. The maximum Gasteiger partial charge on any atom is 0.407 e. The standard InChI is InChI=1S/C29H40N2O7S/c1-20(2)17-31(39(35,36)25-10-6-9-22(13-25)19-32)18-27(33)26(14-21-7-4-3-5-8-21)30-29(34)38-24-15-23-11-12-37-28(23)16-24/h3-10,13,20,23-24,26-28,32-33H,11-12,14-19H2,1-2H3,(H,30,34)/t23?,24?,26-,27+,28+/m0/s1. The molecule has 3 N–H and O–H groups in total. The number of nitrogens with one attached hydrogen (secondary N) is 1. The van der Waals surface area contributed by atoms with Gasteiger partial charge in [0.05, 0.1) is 29.8 Å². The summed E-state index contributed by atoms with van der Waals surface area (Å²) in [6.07, 6.45) is 0.745. The summed E-state index contributed by atoms with van der Waals surface area (Å²) in [5.74, 6) is 0.398. The Labute approximate surface area is 231 Å². The molecule has 1 heterocycles. The van der Waals surface area contributed by atoms with Gasteiger partial charge in [-0.25, -0.2) is 13.2 Å². The maximum atomic E-state index is 13.6. The van der Waals surface area contributed by atoms with E-state index < -0.39 is 28.3 Å². The molecule has 214 valence electrons. The number of nitrogens with zero attached hydrogens (tertiary/aromatic N) is 1. The summed E-state index contributed by atoms with van der Waals surface area (Å²) < 4.78 is 39.9. The van der Waals surface area contributed by atoms with Crippen molar-refractivity contribution in [3.63, 3.8) is 0 Å². The molecule has 9 nitrogen and oxygen atoms in total. The fourth-order valence-electron chi connectivity index (χ4n) is 5.47. The average Bonchev–Trinajstić information content (AvgIpc) is 3.50. The summed E-state index contributed by atoms with van der Waals surface area (Å²) in [7, 11) is -3.98. The number of aliphatic hydroxyl groups excluding tert-OH is 2. The molecule has 10 heteroatoms. The van der Waals surface area contributed by atoms with Crippen LogP contribution >= 0.6 is 0 Å². The quantitative estimate of drug-likeness (QED) is 0.364. The van der Waals surface area contributed by atoms with Crippen LogP contribution in [0.1, 0.15) is 44.2 Å². The SMILES string of the molecule is CC(C)CN(C[C@@H](O)[C@H](Cc1ccccc1)NC(=O)OC1CC2CCO[C@@H]2C1)S(=O)(=O)c1cccc(CO)c1. The molecule has 1 saturated carbocycles. The largest absolute Gasteiger partial charge is 0.446 e. The number of sulfonamides is 1. The Hall–Kier alpha value is -2.50. The molecule has 1 aliphatic heterocycles. The van der Waals surface area contributed by atoms with E-state index >= 15 is 0 Å². The topological polar surface area (TPSA) is 125 Å². The molecule has 2 aliphatic rings. The molecule has 0 aromatic heterocycles. The zero-order valence-electron chi connectivity index (χ0n) is 22.6. The summed E-state index contributed by atoms with van der Waals surface area (Å²) in [5, 5.41) is 23.7. The number of fused-ring (bicyclic) bond motifs is 1. The van der Waals surface area contributed by atoms with Crippen LogP contribution in [0.5, 0.6) is 0 Å². The van der Waals surface area contributed by atoms with E-state index in [1.165, 1.54) is 16.4 Å². The minimum Gasteiger partial charge on any atom is -0.446 e. The highest BCUT2D eigenvalue weighted by atomic mass is 32.2.